The van der Waals surface area contributed by atoms with Crippen LogP contribution in [0.1, 0.15) is 150 Å². The number of ether oxygens (including phenoxy) is 1. The molecule has 27 nitrogen and oxygen atoms in total. The van der Waals surface area contributed by atoms with E-state index in [1.165, 1.54) is 13.3 Å². The summed E-state index contributed by atoms with van der Waals surface area (Å²) in [5.41, 5.74) is 37.4. The molecule has 90 heavy (non-hydrogen) atoms. The summed E-state index contributed by atoms with van der Waals surface area (Å²) in [6.45, 7) is 19.3. The second-order valence-corrected chi connectivity index (χ2v) is 28.4. The fourth-order valence-corrected chi connectivity index (χ4v) is 16.6. The molecule has 6 aliphatic heterocycles. The molecule has 492 valence electrons. The topological polar surface area (TPSA) is 460 Å². The summed E-state index contributed by atoms with van der Waals surface area (Å²) in [5.74, 6) is -7.18. The van der Waals surface area contributed by atoms with Crippen molar-refractivity contribution in [3.8, 4) is 0 Å². The first-order chi connectivity index (χ1) is 41.8. The van der Waals surface area contributed by atoms with Gasteiger partial charge in [-0.1, -0.05) is 34.6 Å². The number of aromatic nitrogens is 2. The third kappa shape index (κ3) is 13.0. The number of phosphoric ester groups is 1. The van der Waals surface area contributed by atoms with Crippen LogP contribution in [0, 0.1) is 59.2 Å². The Labute approximate surface area is 523 Å². The van der Waals surface area contributed by atoms with E-state index in [0.29, 0.717) is 56.4 Å². The molecule has 2 unspecified atom stereocenters. The number of rotatable bonds is 26. The minimum atomic E-state index is -5.07. The molecule has 2 saturated heterocycles. The lowest BCUT2D eigenvalue weighted by Crippen LogP contribution is -2.56. The van der Waals surface area contributed by atoms with Gasteiger partial charge in [-0.05, 0) is 108 Å². The number of nitrogens with zero attached hydrogens (tertiary/aromatic N) is 5. The van der Waals surface area contributed by atoms with Gasteiger partial charge in [0.1, 0.15) is 18.3 Å². The number of nitrogens with one attached hydrogen (secondary N) is 2. The predicted molar refractivity (Wildman–Crippen MR) is 334 cm³/mol. The van der Waals surface area contributed by atoms with Gasteiger partial charge in [0.25, 0.3) is 0 Å². The van der Waals surface area contributed by atoms with Crippen LogP contribution in [0.5, 0.6) is 0 Å². The first kappa shape index (κ1) is 68.9. The third-order valence-electron chi connectivity index (χ3n) is 20.6. The maximum Gasteiger partial charge on any atom is 0.472 e. The number of imidazole rings is 1. The number of primary amides is 6. The molecule has 2 aromatic rings. The van der Waals surface area contributed by atoms with Gasteiger partial charge in [0.05, 0.1) is 41.7 Å². The van der Waals surface area contributed by atoms with Crippen LogP contribution in [0.25, 0.3) is 11.0 Å². The highest BCUT2D eigenvalue weighted by Gasteiger charge is 2.66. The summed E-state index contributed by atoms with van der Waals surface area (Å²) in [5, 5.41) is 28.2. The van der Waals surface area contributed by atoms with E-state index in [1.807, 2.05) is 87.4 Å². The average molecular weight is 1270 g/mol. The van der Waals surface area contributed by atoms with E-state index in [-0.39, 0.29) is 77.2 Å². The highest BCUT2D eigenvalue weighted by atomic mass is 31.2. The molecule has 28 heteroatoms. The van der Waals surface area contributed by atoms with Gasteiger partial charge in [-0.2, -0.15) is 0 Å². The van der Waals surface area contributed by atoms with Gasteiger partial charge in [-0.3, -0.25) is 57.6 Å². The summed E-state index contributed by atoms with van der Waals surface area (Å²) in [4.78, 5) is 126. The number of nitrogens with two attached hydrogens (primary N) is 6. The van der Waals surface area contributed by atoms with Crippen molar-refractivity contribution in [3.63, 3.8) is 0 Å². The summed E-state index contributed by atoms with van der Waals surface area (Å²) in [6, 6.07) is 2.70. The van der Waals surface area contributed by atoms with E-state index in [4.69, 9.17) is 63.2 Å². The number of aliphatic hydroxyl groups is 2. The zero-order chi connectivity index (χ0) is 66.7. The Balaban J connectivity index is 1.19. The number of amides is 7. The molecular formula is C62H90N13O14P. The van der Waals surface area contributed by atoms with Crippen molar-refractivity contribution in [2.24, 2.45) is 94.7 Å². The zero-order valence-electron chi connectivity index (χ0n) is 53.3. The molecule has 8 rings (SSSR count). The number of hydrogen-bond acceptors (Lipinski definition) is 18. The summed E-state index contributed by atoms with van der Waals surface area (Å²) >= 11 is 0. The molecule has 0 spiro atoms. The van der Waals surface area contributed by atoms with E-state index in [1.54, 1.807) is 4.57 Å². The molecule has 0 aliphatic carbocycles. The largest absolute Gasteiger partial charge is 0.472 e. The molecule has 6 aliphatic rings. The number of benzene rings is 1. The van der Waals surface area contributed by atoms with Gasteiger partial charge in [0.15, 0.2) is 6.23 Å². The van der Waals surface area contributed by atoms with Crippen LogP contribution in [0.3, 0.4) is 0 Å². The van der Waals surface area contributed by atoms with Crippen LogP contribution < -0.4 is 45.0 Å². The summed E-state index contributed by atoms with van der Waals surface area (Å²) in [7, 11) is -5.07. The average Bonchev–Trinajstić information content (AvgIpc) is 1.53. The number of fused-ring (bicyclic) bond motifs is 7. The van der Waals surface area contributed by atoms with Crippen LogP contribution >= 0.6 is 7.82 Å². The number of phosphoric acid groups is 1. The molecular weight excluding hydrogens is 1180 g/mol. The molecule has 0 saturated carbocycles. The fourth-order valence-electron chi connectivity index (χ4n) is 15.4. The lowest BCUT2D eigenvalue weighted by Gasteiger charge is -2.48. The smallest absolute Gasteiger partial charge is 0.394 e. The number of hydrogen-bond donors (Lipinski definition) is 11. The van der Waals surface area contributed by atoms with Gasteiger partial charge in [0, 0.05) is 131 Å². The highest BCUT2D eigenvalue weighted by molar-refractivity contribution is 7.47. The van der Waals surface area contributed by atoms with Gasteiger partial charge in [-0.15, -0.1) is 0 Å². The van der Waals surface area contributed by atoms with Crippen LogP contribution in [-0.2, 0) is 51.9 Å². The molecule has 0 radical (unpaired) electrons. The molecule has 17 N–H and O–H groups in total. The van der Waals surface area contributed by atoms with Crippen LogP contribution in [0.4, 0.5) is 0 Å². The van der Waals surface area contributed by atoms with E-state index < -0.39 is 143 Å². The SMILES string of the molecule is CC1=C2N=C(C=C3NC(=C(C)C4=N[C@@](C)(C5N=C1[C@](C)(CCC(=O)NC[C@H](C)OP(=O)(O)O[C@H]1[C@@H](O)[C@@H](n6cnc7cc(C)c(C)cc76)O[C@@H]1CO)[C@H]5CC(N)=O)[C@@](C)(CC(N)=O)[C@@H]4CCC(N)=O)[C@@](C)(CC(N)=O)[C@@H]3CCC(N)=O)C(C)(C)[C@@H]2CCC(N)=O. The predicted octanol–water partition coefficient (Wildman–Crippen LogP) is 3.16. The van der Waals surface area contributed by atoms with Crippen molar-refractivity contribution < 1.29 is 67.0 Å². The molecule has 8 bridgehead atoms. The quantitative estimate of drug-likeness (QED) is 0.0603. The second kappa shape index (κ2) is 25.6. The van der Waals surface area contributed by atoms with Crippen molar-refractivity contribution >= 4 is 77.3 Å². The van der Waals surface area contributed by atoms with Crippen molar-refractivity contribution in [1.29, 1.82) is 0 Å². The maximum atomic E-state index is 14.4. The second-order valence-electron chi connectivity index (χ2n) is 27.1. The third-order valence-corrected chi connectivity index (χ3v) is 21.7. The molecule has 7 heterocycles. The monoisotopic (exact) mass is 1270 g/mol. The van der Waals surface area contributed by atoms with Crippen molar-refractivity contribution in [3.05, 3.63) is 63.9 Å². The van der Waals surface area contributed by atoms with Gasteiger partial charge in [0.2, 0.25) is 41.4 Å². The van der Waals surface area contributed by atoms with E-state index >= 15 is 0 Å². The minimum Gasteiger partial charge on any atom is -0.394 e. The number of aliphatic imine (C=N–C) groups is 3. The van der Waals surface area contributed by atoms with Gasteiger partial charge < -0.3 is 69.4 Å². The Morgan fingerprint density at radius 3 is 1.99 bits per heavy atom. The number of aryl methyl sites for hydroxylation is 2. The number of carbonyl (C=O) groups is 7. The Morgan fingerprint density at radius 1 is 0.800 bits per heavy atom. The number of carbonyl (C=O) groups excluding carboxylic acids is 7. The lowest BCUT2D eigenvalue weighted by atomic mass is 9.55. The number of aliphatic hydroxyl groups excluding tert-OH is 2. The van der Waals surface area contributed by atoms with Crippen LogP contribution in [-0.4, -0.2) is 132 Å². The Morgan fingerprint density at radius 2 is 1.40 bits per heavy atom. The van der Waals surface area contributed by atoms with E-state index in [2.05, 4.69) is 15.6 Å². The first-order valence-corrected chi connectivity index (χ1v) is 32.1. The highest BCUT2D eigenvalue weighted by Crippen LogP contribution is 2.63. The van der Waals surface area contributed by atoms with Crippen LogP contribution in [0.2, 0.25) is 0 Å². The van der Waals surface area contributed by atoms with Crippen molar-refractivity contribution in [1.82, 2.24) is 20.2 Å². The Hall–Kier alpha value is -7.00. The molecule has 2 fully saturated rings. The summed E-state index contributed by atoms with van der Waals surface area (Å²) < 4.78 is 32.3. The van der Waals surface area contributed by atoms with Crippen molar-refractivity contribution in [2.75, 3.05) is 13.2 Å². The van der Waals surface area contributed by atoms with E-state index in [0.717, 1.165) is 11.1 Å². The molecule has 7 amide bonds. The lowest BCUT2D eigenvalue weighted by molar-refractivity contribution is -0.124. The number of allylic oxidation sites excluding steroid dienone is 6. The van der Waals surface area contributed by atoms with Crippen molar-refractivity contribution in [2.45, 2.75) is 189 Å². The zero-order valence-corrected chi connectivity index (χ0v) is 54.1. The molecule has 15 atom stereocenters. The Bertz CT molecular complexity index is 3540. The van der Waals surface area contributed by atoms with Crippen LogP contribution in [0.15, 0.2) is 67.8 Å². The Kier molecular flexibility index (Phi) is 19.6. The van der Waals surface area contributed by atoms with E-state index in [9.17, 15) is 53.2 Å². The molecule has 1 aromatic heterocycles. The van der Waals surface area contributed by atoms with Gasteiger partial charge >= 0.3 is 7.82 Å². The maximum absolute atomic E-state index is 14.4. The fraction of sp³-hybridized carbons (Fsp3) is 0.629. The summed E-state index contributed by atoms with van der Waals surface area (Å²) in [6.07, 6.45) is -4.26. The standard InChI is InChI=1S/C62H90N13O14P/c1-29-20-39-40(21-30(29)2)75(28-70-39)57-52(84)53(41(27-76)87-57)89-90(85,86)88-31(3)26-69-49(83)18-19-59(8)37(22-46(66)80)56-62(11)61(10,25-48(68)82)36(14-17-45(65)79)51(74-62)33(5)55-60(9,24-47(67)81)34(12-15-43(63)77)38(71-55)23-42-58(6,7)35(13-16-44(64)78)50(72-42)32(4)54(59)73-56/h20-21,23,28,31,34-37,41,52-53,56-57,71,76,84H,12-19,22,24-27H2,1-11H3,(H2,63,77)(H2,64,78)(H2,65,79)(H2,66,80)(H2,67,81)(H2,68,82)(H,69,83)(H,85,86)/t31-,34+,35+,36+,37-,41+,52+,53+,56?,57-,59+,60-,61-,62-/m0/s1. The normalized spacial score (nSPS) is 32.0. The first-order valence-electron chi connectivity index (χ1n) is 30.6. The van der Waals surface area contributed by atoms with Gasteiger partial charge in [-0.25, -0.2) is 9.55 Å². The molecule has 1 aromatic carbocycles. The minimum absolute atomic E-state index is 0.0114.